The molecule has 1 aromatic carbocycles. The van der Waals surface area contributed by atoms with E-state index in [0.29, 0.717) is 24.7 Å². The van der Waals surface area contributed by atoms with Crippen molar-refractivity contribution in [3.63, 3.8) is 0 Å². The van der Waals surface area contributed by atoms with Gasteiger partial charge in [-0.3, -0.25) is 14.6 Å². The monoisotopic (exact) mass is 454 g/mol. The Balaban J connectivity index is 1.26. The predicted octanol–water partition coefficient (Wildman–Crippen LogP) is 2.87. The predicted molar refractivity (Wildman–Crippen MR) is 121 cm³/mol. The summed E-state index contributed by atoms with van der Waals surface area (Å²) < 4.78 is 21.6. The number of benzene rings is 1. The number of methoxy groups -OCH3 is 2. The quantitative estimate of drug-likeness (QED) is 0.488. The van der Waals surface area contributed by atoms with Gasteiger partial charge in [0, 0.05) is 45.8 Å². The van der Waals surface area contributed by atoms with Crippen LogP contribution in [0, 0.1) is 0 Å². The minimum Gasteiger partial charge on any atom is -0.497 e. The van der Waals surface area contributed by atoms with Crippen molar-refractivity contribution in [1.82, 2.24) is 19.7 Å². The fourth-order valence-corrected chi connectivity index (χ4v) is 3.90. The van der Waals surface area contributed by atoms with E-state index in [-0.39, 0.29) is 5.91 Å². The first kappa shape index (κ1) is 22.9. The third-order valence-corrected chi connectivity index (χ3v) is 5.73. The number of rotatable bonds is 9. The third-order valence-electron chi connectivity index (χ3n) is 5.73. The molecule has 9 nitrogen and oxygen atoms in total. The number of piperazine rings is 1. The summed E-state index contributed by atoms with van der Waals surface area (Å²) in [5, 5.41) is 0. The van der Waals surface area contributed by atoms with Crippen LogP contribution in [-0.2, 0) is 19.6 Å². The lowest BCUT2D eigenvalue weighted by Gasteiger charge is -2.34. The number of aromatic nitrogens is 1. The molecule has 3 heterocycles. The van der Waals surface area contributed by atoms with E-state index in [9.17, 15) is 4.79 Å². The molecule has 0 N–H and O–H groups in total. The number of hydrogen-bond donors (Lipinski definition) is 0. The van der Waals surface area contributed by atoms with Gasteiger partial charge in [-0.05, 0) is 29.8 Å². The Labute approximate surface area is 193 Å². The second-order valence-electron chi connectivity index (χ2n) is 8.14. The minimum atomic E-state index is -0.195. The summed E-state index contributed by atoms with van der Waals surface area (Å²) in [4.78, 5) is 23.3. The van der Waals surface area contributed by atoms with Gasteiger partial charge in [-0.2, -0.15) is 0 Å². The van der Waals surface area contributed by atoms with E-state index >= 15 is 0 Å². The van der Waals surface area contributed by atoms with Crippen molar-refractivity contribution in [3.05, 3.63) is 65.8 Å². The third kappa shape index (κ3) is 5.94. The first-order valence-corrected chi connectivity index (χ1v) is 10.9. The molecular weight excluding hydrogens is 424 g/mol. The van der Waals surface area contributed by atoms with Crippen molar-refractivity contribution >= 4 is 5.91 Å². The number of nitrogens with zero attached hydrogens (tertiary/aromatic N) is 4. The first-order chi connectivity index (χ1) is 16.0. The molecule has 3 aromatic rings. The molecule has 0 atom stereocenters. The Kier molecular flexibility index (Phi) is 7.31. The van der Waals surface area contributed by atoms with Gasteiger partial charge in [-0.15, -0.1) is 0 Å². The Hall–Kier alpha value is -3.30. The summed E-state index contributed by atoms with van der Waals surface area (Å²) in [5.41, 5.74) is 1.47. The van der Waals surface area contributed by atoms with Crippen molar-refractivity contribution in [2.75, 3.05) is 47.4 Å². The highest BCUT2D eigenvalue weighted by Gasteiger charge is 2.22. The fraction of sp³-hybridized carbons (Fsp3) is 0.417. The summed E-state index contributed by atoms with van der Waals surface area (Å²) >= 11 is 0. The highest BCUT2D eigenvalue weighted by atomic mass is 16.5. The molecule has 0 saturated carbocycles. The van der Waals surface area contributed by atoms with Crippen molar-refractivity contribution in [1.29, 1.82) is 0 Å². The standard InChI is InChI=1S/C24H30N4O5/c1-26(15-19-5-4-10-32-19)24(29)22-17-33-23(25-22)16-28-8-6-27(7-9-28)14-18-11-20(30-2)13-21(12-18)31-3/h4-5,10-13,17H,6-9,14-16H2,1-3H3. The minimum absolute atomic E-state index is 0.195. The fourth-order valence-electron chi connectivity index (χ4n) is 3.90. The maximum absolute atomic E-state index is 12.6. The van der Waals surface area contributed by atoms with Crippen LogP contribution in [0.25, 0.3) is 0 Å². The molecule has 1 amide bonds. The van der Waals surface area contributed by atoms with E-state index in [2.05, 4.69) is 14.8 Å². The smallest absolute Gasteiger partial charge is 0.275 e. The van der Waals surface area contributed by atoms with Crippen LogP contribution in [0.5, 0.6) is 11.5 Å². The molecule has 1 aliphatic heterocycles. The van der Waals surface area contributed by atoms with E-state index in [1.807, 2.05) is 24.3 Å². The van der Waals surface area contributed by atoms with Crippen LogP contribution in [0.15, 0.2) is 51.7 Å². The molecule has 0 unspecified atom stereocenters. The normalized spacial score (nSPS) is 14.9. The van der Waals surface area contributed by atoms with Crippen LogP contribution in [0.2, 0.25) is 0 Å². The van der Waals surface area contributed by atoms with E-state index in [1.54, 1.807) is 38.5 Å². The van der Waals surface area contributed by atoms with Gasteiger partial charge in [0.05, 0.1) is 33.6 Å². The van der Waals surface area contributed by atoms with Gasteiger partial charge >= 0.3 is 0 Å². The number of furan rings is 1. The zero-order valence-corrected chi connectivity index (χ0v) is 19.3. The molecule has 2 aromatic heterocycles. The molecule has 1 aliphatic rings. The van der Waals surface area contributed by atoms with Gasteiger partial charge in [0.15, 0.2) is 5.69 Å². The lowest BCUT2D eigenvalue weighted by Crippen LogP contribution is -2.45. The maximum atomic E-state index is 12.6. The van der Waals surface area contributed by atoms with Crippen LogP contribution < -0.4 is 9.47 Å². The first-order valence-electron chi connectivity index (χ1n) is 10.9. The molecule has 1 saturated heterocycles. The Morgan fingerprint density at radius 1 is 1.03 bits per heavy atom. The van der Waals surface area contributed by atoms with Crippen molar-refractivity contribution in [2.45, 2.75) is 19.6 Å². The van der Waals surface area contributed by atoms with Gasteiger partial charge in [-0.1, -0.05) is 0 Å². The van der Waals surface area contributed by atoms with Crippen LogP contribution in [0.4, 0.5) is 0 Å². The highest BCUT2D eigenvalue weighted by Crippen LogP contribution is 2.24. The number of ether oxygens (including phenoxy) is 2. The van der Waals surface area contributed by atoms with E-state index in [1.165, 1.54) is 6.26 Å². The molecule has 0 radical (unpaired) electrons. The number of carbonyl (C=O) groups is 1. The summed E-state index contributed by atoms with van der Waals surface area (Å²) in [5.74, 6) is 2.68. The molecule has 33 heavy (non-hydrogen) atoms. The number of carbonyl (C=O) groups excluding carboxylic acids is 1. The molecule has 9 heteroatoms. The lowest BCUT2D eigenvalue weighted by atomic mass is 10.1. The van der Waals surface area contributed by atoms with Crippen molar-refractivity contribution in [2.24, 2.45) is 0 Å². The van der Waals surface area contributed by atoms with Crippen LogP contribution >= 0.6 is 0 Å². The van der Waals surface area contributed by atoms with Crippen molar-refractivity contribution < 1.29 is 23.1 Å². The van der Waals surface area contributed by atoms with E-state index < -0.39 is 0 Å². The summed E-state index contributed by atoms with van der Waals surface area (Å²) in [6, 6.07) is 9.61. The average molecular weight is 455 g/mol. The van der Waals surface area contributed by atoms with Crippen LogP contribution in [-0.4, -0.2) is 73.0 Å². The summed E-state index contributed by atoms with van der Waals surface area (Å²) in [7, 11) is 5.04. The Morgan fingerprint density at radius 3 is 2.30 bits per heavy atom. The second kappa shape index (κ2) is 10.5. The topological polar surface area (TPSA) is 84.4 Å². The van der Waals surface area contributed by atoms with Crippen LogP contribution in [0.3, 0.4) is 0 Å². The van der Waals surface area contributed by atoms with Gasteiger partial charge < -0.3 is 23.2 Å². The molecule has 0 spiro atoms. The molecule has 0 bridgehead atoms. The number of amides is 1. The van der Waals surface area contributed by atoms with E-state index in [0.717, 1.165) is 55.5 Å². The number of oxazole rings is 1. The van der Waals surface area contributed by atoms with E-state index in [4.69, 9.17) is 18.3 Å². The summed E-state index contributed by atoms with van der Waals surface area (Å²) in [6.07, 6.45) is 3.03. The zero-order valence-electron chi connectivity index (χ0n) is 19.3. The molecule has 0 aliphatic carbocycles. The van der Waals surface area contributed by atoms with Gasteiger partial charge in [0.1, 0.15) is 23.5 Å². The SMILES string of the molecule is COc1cc(CN2CCN(Cc3nc(C(=O)N(C)Cc4ccco4)co3)CC2)cc(OC)c1. The Bertz CT molecular complexity index is 1020. The lowest BCUT2D eigenvalue weighted by molar-refractivity contribution is 0.0769. The molecular formula is C24H30N4O5. The largest absolute Gasteiger partial charge is 0.497 e. The van der Waals surface area contributed by atoms with Gasteiger partial charge in [0.2, 0.25) is 5.89 Å². The maximum Gasteiger partial charge on any atom is 0.275 e. The number of hydrogen-bond acceptors (Lipinski definition) is 8. The van der Waals surface area contributed by atoms with Gasteiger partial charge in [-0.25, -0.2) is 4.98 Å². The molecule has 176 valence electrons. The second-order valence-corrected chi connectivity index (χ2v) is 8.14. The van der Waals surface area contributed by atoms with Gasteiger partial charge in [0.25, 0.3) is 5.91 Å². The molecule has 4 rings (SSSR count). The zero-order chi connectivity index (χ0) is 23.2. The van der Waals surface area contributed by atoms with Crippen molar-refractivity contribution in [3.8, 4) is 11.5 Å². The Morgan fingerprint density at radius 2 is 1.70 bits per heavy atom. The average Bonchev–Trinajstić information content (AvgIpc) is 3.52. The van der Waals surface area contributed by atoms with Crippen LogP contribution in [0.1, 0.15) is 27.7 Å². The molecule has 1 fully saturated rings. The summed E-state index contributed by atoms with van der Waals surface area (Å²) in [6.45, 7) is 5.44. The highest BCUT2D eigenvalue weighted by molar-refractivity contribution is 5.91.